The molecule has 3 aromatic rings. The summed E-state index contributed by atoms with van der Waals surface area (Å²) < 4.78 is 55.4. The molecule has 8 nitrogen and oxygen atoms in total. The van der Waals surface area contributed by atoms with Crippen molar-refractivity contribution in [2.45, 2.75) is 41.6 Å². The van der Waals surface area contributed by atoms with Crippen LogP contribution in [0.15, 0.2) is 88.7 Å². The Bertz CT molecular complexity index is 1420. The third-order valence-corrected chi connectivity index (χ3v) is 9.77. The molecule has 0 radical (unpaired) electrons. The number of amides is 1. The van der Waals surface area contributed by atoms with Crippen LogP contribution in [0.5, 0.6) is 0 Å². The van der Waals surface area contributed by atoms with Crippen LogP contribution in [0, 0.1) is 0 Å². The lowest BCUT2D eigenvalue weighted by molar-refractivity contribution is -0.122. The molecule has 0 aromatic heterocycles. The van der Waals surface area contributed by atoms with E-state index in [1.165, 1.54) is 40.7 Å². The molecule has 3 aromatic carbocycles. The molecule has 1 aliphatic heterocycles. The molecule has 37 heavy (non-hydrogen) atoms. The molecular formula is C26H28ClN3O5S2. The summed E-state index contributed by atoms with van der Waals surface area (Å²) in [6.45, 7) is 1.15. The van der Waals surface area contributed by atoms with E-state index in [-0.39, 0.29) is 22.8 Å². The zero-order valence-electron chi connectivity index (χ0n) is 20.0. The van der Waals surface area contributed by atoms with Gasteiger partial charge in [0.1, 0.15) is 6.04 Å². The number of sulfonamides is 2. The van der Waals surface area contributed by atoms with E-state index < -0.39 is 32.0 Å². The number of carbonyl (C=O) groups is 1. The second-order valence-corrected chi connectivity index (χ2v) is 12.9. The molecule has 0 aliphatic carbocycles. The van der Waals surface area contributed by atoms with Crippen molar-refractivity contribution in [2.75, 3.05) is 13.1 Å². The van der Waals surface area contributed by atoms with Gasteiger partial charge < -0.3 is 5.32 Å². The molecule has 0 spiro atoms. The Labute approximate surface area is 222 Å². The topological polar surface area (TPSA) is 113 Å². The van der Waals surface area contributed by atoms with Gasteiger partial charge in [-0.3, -0.25) is 4.79 Å². The van der Waals surface area contributed by atoms with E-state index in [4.69, 9.17) is 11.6 Å². The van der Waals surface area contributed by atoms with Gasteiger partial charge in [0, 0.05) is 24.7 Å². The molecule has 0 bridgehead atoms. The maximum Gasteiger partial charge on any atom is 0.243 e. The fourth-order valence-electron chi connectivity index (χ4n) is 4.08. The third kappa shape index (κ3) is 6.97. The number of nitrogens with zero attached hydrogens (tertiary/aromatic N) is 1. The molecule has 2 N–H and O–H groups in total. The second kappa shape index (κ2) is 11.7. The molecule has 1 atom stereocenters. The number of benzene rings is 3. The van der Waals surface area contributed by atoms with Crippen molar-refractivity contribution in [3.05, 3.63) is 95.0 Å². The molecule has 1 fully saturated rings. The van der Waals surface area contributed by atoms with Crippen LogP contribution in [-0.2, 0) is 37.8 Å². The Balaban J connectivity index is 1.46. The molecule has 196 valence electrons. The van der Waals surface area contributed by atoms with Gasteiger partial charge in [0.2, 0.25) is 26.0 Å². The molecular weight excluding hydrogens is 534 g/mol. The Kier molecular flexibility index (Phi) is 8.66. The summed E-state index contributed by atoms with van der Waals surface area (Å²) in [7, 11) is -7.52. The molecule has 1 aliphatic rings. The molecule has 1 saturated heterocycles. The van der Waals surface area contributed by atoms with Crippen LogP contribution in [0.25, 0.3) is 0 Å². The van der Waals surface area contributed by atoms with E-state index in [1.54, 1.807) is 12.1 Å². The first kappa shape index (κ1) is 27.3. The molecule has 0 unspecified atom stereocenters. The SMILES string of the molecule is O=C(NCc1ccc(S(=O)(=O)N2CCCC2)cc1)[C@@H](Cc1ccccc1)NS(=O)(=O)c1ccc(Cl)cc1. The van der Waals surface area contributed by atoms with Crippen molar-refractivity contribution in [1.29, 1.82) is 0 Å². The van der Waals surface area contributed by atoms with Crippen molar-refractivity contribution in [3.63, 3.8) is 0 Å². The van der Waals surface area contributed by atoms with Crippen LogP contribution in [0.1, 0.15) is 24.0 Å². The highest BCUT2D eigenvalue weighted by molar-refractivity contribution is 7.89. The normalized spacial score (nSPS) is 15.4. The van der Waals surface area contributed by atoms with Gasteiger partial charge in [0.25, 0.3) is 0 Å². The van der Waals surface area contributed by atoms with E-state index in [9.17, 15) is 21.6 Å². The predicted octanol–water partition coefficient (Wildman–Crippen LogP) is 3.33. The highest BCUT2D eigenvalue weighted by Gasteiger charge is 2.28. The van der Waals surface area contributed by atoms with Crippen LogP contribution in [0.3, 0.4) is 0 Å². The van der Waals surface area contributed by atoms with Crippen molar-refractivity contribution >= 4 is 37.6 Å². The average Bonchev–Trinajstić information content (AvgIpc) is 3.44. The van der Waals surface area contributed by atoms with Crippen LogP contribution in [-0.4, -0.2) is 46.2 Å². The Morgan fingerprint density at radius 3 is 2.03 bits per heavy atom. The minimum Gasteiger partial charge on any atom is -0.351 e. The lowest BCUT2D eigenvalue weighted by atomic mass is 10.1. The molecule has 11 heteroatoms. The summed E-state index contributed by atoms with van der Waals surface area (Å²) in [6, 6.07) is 20.1. The number of hydrogen-bond donors (Lipinski definition) is 2. The monoisotopic (exact) mass is 561 g/mol. The minimum atomic E-state index is -4.00. The van der Waals surface area contributed by atoms with Gasteiger partial charge >= 0.3 is 0 Å². The lowest BCUT2D eigenvalue weighted by Gasteiger charge is -2.19. The van der Waals surface area contributed by atoms with Gasteiger partial charge in [-0.1, -0.05) is 54.1 Å². The van der Waals surface area contributed by atoms with E-state index in [2.05, 4.69) is 10.0 Å². The Morgan fingerprint density at radius 2 is 1.41 bits per heavy atom. The van der Waals surface area contributed by atoms with E-state index in [0.29, 0.717) is 23.7 Å². The largest absolute Gasteiger partial charge is 0.351 e. The smallest absolute Gasteiger partial charge is 0.243 e. The summed E-state index contributed by atoms with van der Waals surface area (Å²) in [4.78, 5) is 13.3. The van der Waals surface area contributed by atoms with Crippen LogP contribution in [0.2, 0.25) is 5.02 Å². The van der Waals surface area contributed by atoms with Gasteiger partial charge in [-0.15, -0.1) is 0 Å². The first-order valence-electron chi connectivity index (χ1n) is 11.8. The molecule has 0 saturated carbocycles. The van der Waals surface area contributed by atoms with Gasteiger partial charge in [-0.25, -0.2) is 16.8 Å². The highest BCUT2D eigenvalue weighted by Crippen LogP contribution is 2.21. The zero-order valence-corrected chi connectivity index (χ0v) is 22.4. The third-order valence-electron chi connectivity index (χ3n) is 6.11. The zero-order chi connectivity index (χ0) is 26.5. The standard InChI is InChI=1S/C26H28ClN3O5S2/c27-22-10-14-23(15-11-22)36(32,33)29-25(18-20-6-2-1-3-7-20)26(31)28-19-21-8-12-24(13-9-21)37(34,35)30-16-4-5-17-30/h1-3,6-15,25,29H,4-5,16-19H2,(H,28,31)/t25-/m1/s1. The maximum absolute atomic E-state index is 13.1. The van der Waals surface area contributed by atoms with Crippen LogP contribution in [0.4, 0.5) is 0 Å². The van der Waals surface area contributed by atoms with E-state index >= 15 is 0 Å². The summed E-state index contributed by atoms with van der Waals surface area (Å²) in [6.07, 6.45) is 1.86. The average molecular weight is 562 g/mol. The van der Waals surface area contributed by atoms with Gasteiger partial charge in [-0.05, 0) is 66.8 Å². The predicted molar refractivity (Wildman–Crippen MR) is 142 cm³/mol. The fraction of sp³-hybridized carbons (Fsp3) is 0.269. The summed E-state index contributed by atoms with van der Waals surface area (Å²) in [5.74, 6) is -0.504. The minimum absolute atomic E-state index is 0.00226. The quantitative estimate of drug-likeness (QED) is 0.394. The lowest BCUT2D eigenvalue weighted by Crippen LogP contribution is -2.47. The number of nitrogens with one attached hydrogen (secondary N) is 2. The second-order valence-electron chi connectivity index (χ2n) is 8.79. The summed E-state index contributed by atoms with van der Waals surface area (Å²) >= 11 is 5.88. The van der Waals surface area contributed by atoms with E-state index in [1.807, 2.05) is 30.3 Å². The first-order valence-corrected chi connectivity index (χ1v) is 15.1. The van der Waals surface area contributed by atoms with Crippen molar-refractivity contribution in [1.82, 2.24) is 14.3 Å². The highest BCUT2D eigenvalue weighted by atomic mass is 35.5. The van der Waals surface area contributed by atoms with E-state index in [0.717, 1.165) is 18.4 Å². The van der Waals surface area contributed by atoms with Gasteiger partial charge in [0.05, 0.1) is 9.79 Å². The molecule has 1 heterocycles. The maximum atomic E-state index is 13.1. The molecule has 1 amide bonds. The summed E-state index contributed by atoms with van der Waals surface area (Å²) in [5, 5.41) is 3.17. The Hall–Kier alpha value is -2.76. The number of halogens is 1. The van der Waals surface area contributed by atoms with Crippen LogP contribution >= 0.6 is 11.6 Å². The number of carbonyl (C=O) groups excluding carboxylic acids is 1. The number of hydrogen-bond acceptors (Lipinski definition) is 5. The van der Waals surface area contributed by atoms with Gasteiger partial charge in [0.15, 0.2) is 0 Å². The van der Waals surface area contributed by atoms with Crippen molar-refractivity contribution in [2.24, 2.45) is 0 Å². The van der Waals surface area contributed by atoms with Gasteiger partial charge in [-0.2, -0.15) is 9.03 Å². The van der Waals surface area contributed by atoms with Crippen molar-refractivity contribution < 1.29 is 21.6 Å². The summed E-state index contributed by atoms with van der Waals surface area (Å²) in [5.41, 5.74) is 1.48. The van der Waals surface area contributed by atoms with Crippen LogP contribution < -0.4 is 10.0 Å². The van der Waals surface area contributed by atoms with Crippen molar-refractivity contribution in [3.8, 4) is 0 Å². The fourth-order valence-corrected chi connectivity index (χ4v) is 6.91. The number of rotatable bonds is 10. The molecule has 4 rings (SSSR count). The Morgan fingerprint density at radius 1 is 0.811 bits per heavy atom. The first-order chi connectivity index (χ1) is 17.6.